The summed E-state index contributed by atoms with van der Waals surface area (Å²) >= 11 is 1.30. The van der Waals surface area contributed by atoms with Crippen LogP contribution < -0.4 is 26.5 Å². The SMILES string of the molecule is COc1ccc(-c2nc(C(=O)NCC(=O)Nc3cccc4c(=O)[nH][nH]c(=O)c34)cs2)cc1. The minimum Gasteiger partial charge on any atom is -0.497 e. The van der Waals surface area contributed by atoms with E-state index in [1.807, 2.05) is 12.1 Å². The molecule has 0 spiro atoms. The van der Waals surface area contributed by atoms with Crippen LogP contribution in [0.1, 0.15) is 10.5 Å². The second kappa shape index (κ2) is 8.86. The maximum absolute atomic E-state index is 12.4. The third-order valence-corrected chi connectivity index (χ3v) is 5.47. The molecule has 0 unspecified atom stereocenters. The number of anilines is 1. The maximum atomic E-state index is 12.4. The van der Waals surface area contributed by atoms with Gasteiger partial charge in [-0.2, -0.15) is 0 Å². The predicted molar refractivity (Wildman–Crippen MR) is 120 cm³/mol. The Bertz CT molecular complexity index is 1420. The molecule has 10 nitrogen and oxygen atoms in total. The number of aromatic nitrogens is 3. The Morgan fingerprint density at radius 2 is 1.81 bits per heavy atom. The van der Waals surface area contributed by atoms with Crippen molar-refractivity contribution in [1.29, 1.82) is 0 Å². The van der Waals surface area contributed by atoms with Crippen LogP contribution in [-0.2, 0) is 4.79 Å². The number of nitrogens with one attached hydrogen (secondary N) is 4. The van der Waals surface area contributed by atoms with Crippen molar-refractivity contribution in [2.75, 3.05) is 19.0 Å². The Balaban J connectivity index is 1.42. The van der Waals surface area contributed by atoms with E-state index in [9.17, 15) is 19.2 Å². The van der Waals surface area contributed by atoms with E-state index in [1.165, 1.54) is 23.5 Å². The third kappa shape index (κ3) is 4.27. The fourth-order valence-electron chi connectivity index (χ4n) is 3.02. The molecule has 2 amide bonds. The zero-order valence-electron chi connectivity index (χ0n) is 16.7. The predicted octanol–water partition coefficient (Wildman–Crippen LogP) is 1.72. The van der Waals surface area contributed by atoms with Crippen molar-refractivity contribution in [1.82, 2.24) is 20.5 Å². The molecule has 11 heteroatoms. The first-order chi connectivity index (χ1) is 15.5. The highest BCUT2D eigenvalue weighted by Gasteiger charge is 2.15. The van der Waals surface area contributed by atoms with E-state index >= 15 is 0 Å². The van der Waals surface area contributed by atoms with Crippen LogP contribution in [0.15, 0.2) is 57.4 Å². The van der Waals surface area contributed by atoms with Crippen molar-refractivity contribution >= 4 is 39.6 Å². The van der Waals surface area contributed by atoms with Crippen molar-refractivity contribution in [2.24, 2.45) is 0 Å². The van der Waals surface area contributed by atoms with E-state index in [4.69, 9.17) is 4.74 Å². The Morgan fingerprint density at radius 1 is 1.06 bits per heavy atom. The normalized spacial score (nSPS) is 10.7. The zero-order valence-corrected chi connectivity index (χ0v) is 17.5. The van der Waals surface area contributed by atoms with Gasteiger partial charge in [0.25, 0.3) is 17.0 Å². The number of thiazole rings is 1. The Morgan fingerprint density at radius 3 is 2.56 bits per heavy atom. The van der Waals surface area contributed by atoms with Gasteiger partial charge in [0, 0.05) is 10.9 Å². The van der Waals surface area contributed by atoms with E-state index in [0.717, 1.165) is 5.56 Å². The number of H-pyrrole nitrogens is 2. The summed E-state index contributed by atoms with van der Waals surface area (Å²) in [7, 11) is 1.58. The molecule has 4 aromatic rings. The summed E-state index contributed by atoms with van der Waals surface area (Å²) in [5.74, 6) is -0.355. The summed E-state index contributed by atoms with van der Waals surface area (Å²) in [6, 6.07) is 11.8. The van der Waals surface area contributed by atoms with Crippen LogP contribution in [0.25, 0.3) is 21.3 Å². The van der Waals surface area contributed by atoms with E-state index < -0.39 is 22.9 Å². The van der Waals surface area contributed by atoms with Crippen molar-refractivity contribution in [3.63, 3.8) is 0 Å². The van der Waals surface area contributed by atoms with Gasteiger partial charge in [-0.15, -0.1) is 11.3 Å². The lowest BCUT2D eigenvalue weighted by molar-refractivity contribution is -0.115. The minimum atomic E-state index is -0.559. The van der Waals surface area contributed by atoms with Crippen molar-refractivity contribution < 1.29 is 14.3 Å². The highest BCUT2D eigenvalue weighted by atomic mass is 32.1. The van der Waals surface area contributed by atoms with Gasteiger partial charge in [0.15, 0.2) is 0 Å². The molecule has 0 saturated heterocycles. The lowest BCUT2D eigenvalue weighted by atomic mass is 10.1. The second-order valence-electron chi connectivity index (χ2n) is 6.63. The minimum absolute atomic E-state index is 0.0551. The van der Waals surface area contributed by atoms with E-state index in [2.05, 4.69) is 25.8 Å². The van der Waals surface area contributed by atoms with Gasteiger partial charge in [-0.3, -0.25) is 29.4 Å². The summed E-state index contributed by atoms with van der Waals surface area (Å²) in [6.45, 7) is -0.342. The topological polar surface area (TPSA) is 146 Å². The van der Waals surface area contributed by atoms with Crippen LogP contribution >= 0.6 is 11.3 Å². The number of fused-ring (bicyclic) bond motifs is 1. The highest BCUT2D eigenvalue weighted by molar-refractivity contribution is 7.13. The molecule has 0 aliphatic rings. The monoisotopic (exact) mass is 451 g/mol. The molecule has 32 heavy (non-hydrogen) atoms. The Kier molecular flexibility index (Phi) is 5.81. The van der Waals surface area contributed by atoms with E-state index in [0.29, 0.717) is 10.8 Å². The number of aromatic amines is 2. The Labute approximate surface area is 184 Å². The quantitative estimate of drug-likeness (QED) is 0.351. The lowest BCUT2D eigenvalue weighted by Gasteiger charge is -2.08. The molecule has 4 rings (SSSR count). The summed E-state index contributed by atoms with van der Waals surface area (Å²) in [6.07, 6.45) is 0. The maximum Gasteiger partial charge on any atom is 0.272 e. The molecule has 2 heterocycles. The van der Waals surface area contributed by atoms with Crippen LogP contribution in [0, 0.1) is 0 Å². The molecule has 0 atom stereocenters. The number of ether oxygens (including phenoxy) is 1. The fourth-order valence-corrected chi connectivity index (χ4v) is 3.83. The van der Waals surface area contributed by atoms with Crippen molar-refractivity contribution in [2.45, 2.75) is 0 Å². The first-order valence-electron chi connectivity index (χ1n) is 9.38. The summed E-state index contributed by atoms with van der Waals surface area (Å²) < 4.78 is 5.13. The molecule has 0 saturated carbocycles. The summed E-state index contributed by atoms with van der Waals surface area (Å²) in [4.78, 5) is 53.0. The van der Waals surface area contributed by atoms with Crippen molar-refractivity contribution in [3.8, 4) is 16.3 Å². The van der Waals surface area contributed by atoms with Crippen LogP contribution in [0.2, 0.25) is 0 Å². The number of methoxy groups -OCH3 is 1. The smallest absolute Gasteiger partial charge is 0.272 e. The molecule has 162 valence electrons. The largest absolute Gasteiger partial charge is 0.497 e. The molecule has 0 aliphatic carbocycles. The number of benzene rings is 2. The number of amides is 2. The number of nitrogens with zero attached hydrogens (tertiary/aromatic N) is 1. The van der Waals surface area contributed by atoms with Gasteiger partial charge in [-0.25, -0.2) is 4.98 Å². The molecule has 4 N–H and O–H groups in total. The summed E-state index contributed by atoms with van der Waals surface area (Å²) in [5, 5.41) is 11.9. The molecule has 0 fully saturated rings. The fraction of sp³-hybridized carbons (Fsp3) is 0.0952. The van der Waals surface area contributed by atoms with Crippen LogP contribution in [0.5, 0.6) is 5.75 Å². The van der Waals surface area contributed by atoms with Gasteiger partial charge < -0.3 is 15.4 Å². The average molecular weight is 451 g/mol. The van der Waals surface area contributed by atoms with Crippen LogP contribution in [-0.4, -0.2) is 40.7 Å². The average Bonchev–Trinajstić information content (AvgIpc) is 3.30. The number of hydrogen-bond acceptors (Lipinski definition) is 7. The van der Waals surface area contributed by atoms with Gasteiger partial charge >= 0.3 is 0 Å². The van der Waals surface area contributed by atoms with Crippen LogP contribution in [0.4, 0.5) is 5.69 Å². The summed E-state index contributed by atoms with van der Waals surface area (Å²) in [5.41, 5.74) is 0.156. The van der Waals surface area contributed by atoms with Gasteiger partial charge in [0.1, 0.15) is 16.5 Å². The van der Waals surface area contributed by atoms with Gasteiger partial charge in [0.2, 0.25) is 5.91 Å². The standard InChI is InChI=1S/C21H17N5O5S/c1-31-12-7-5-11(6-8-12)21-24-15(10-32-21)19(29)22-9-16(27)23-14-4-2-3-13-17(14)20(30)26-25-18(13)28/h2-8,10H,9H2,1H3,(H,22,29)(H,23,27)(H,25,28)(H,26,30). The Hall–Kier alpha value is -4.25. The first-order valence-corrected chi connectivity index (χ1v) is 10.3. The number of hydrogen-bond donors (Lipinski definition) is 4. The van der Waals surface area contributed by atoms with Crippen molar-refractivity contribution in [3.05, 3.63) is 74.2 Å². The first kappa shape index (κ1) is 21.0. The number of carbonyl (C=O) groups excluding carboxylic acids is 2. The van der Waals surface area contributed by atoms with Gasteiger partial charge in [0.05, 0.1) is 30.1 Å². The van der Waals surface area contributed by atoms with Crippen LogP contribution in [0.3, 0.4) is 0 Å². The van der Waals surface area contributed by atoms with E-state index in [1.54, 1.807) is 30.7 Å². The van der Waals surface area contributed by atoms with E-state index in [-0.39, 0.29) is 28.7 Å². The third-order valence-electron chi connectivity index (χ3n) is 4.58. The molecule has 2 aromatic heterocycles. The molecule has 0 aliphatic heterocycles. The molecule has 2 aromatic carbocycles. The number of carbonyl (C=O) groups is 2. The molecule has 0 bridgehead atoms. The number of rotatable bonds is 6. The molecular formula is C21H17N5O5S. The van der Waals surface area contributed by atoms with Gasteiger partial charge in [-0.1, -0.05) is 6.07 Å². The highest BCUT2D eigenvalue weighted by Crippen LogP contribution is 2.25. The second-order valence-corrected chi connectivity index (χ2v) is 7.49. The molecular weight excluding hydrogens is 434 g/mol. The van der Waals surface area contributed by atoms with Gasteiger partial charge in [-0.05, 0) is 36.4 Å². The lowest BCUT2D eigenvalue weighted by Crippen LogP contribution is -2.33. The zero-order chi connectivity index (χ0) is 22.7. The molecule has 0 radical (unpaired) electrons.